The first-order valence-electron chi connectivity index (χ1n) is 6.94. The summed E-state index contributed by atoms with van der Waals surface area (Å²) in [6.07, 6.45) is 0.317. The summed E-state index contributed by atoms with van der Waals surface area (Å²) in [6, 6.07) is 7.38. The maximum Gasteiger partial charge on any atom is 0.323 e. The predicted octanol–water partition coefficient (Wildman–Crippen LogP) is 1.75. The van der Waals surface area contributed by atoms with Crippen LogP contribution in [-0.2, 0) is 4.79 Å². The Morgan fingerprint density at radius 3 is 2.75 bits per heavy atom. The lowest BCUT2D eigenvalue weighted by molar-refractivity contribution is -0.385. The number of hydrogen-bond acceptors (Lipinski definition) is 6. The van der Waals surface area contributed by atoms with Crippen molar-refractivity contribution in [1.29, 1.82) is 0 Å². The molecule has 0 saturated carbocycles. The van der Waals surface area contributed by atoms with Crippen LogP contribution < -0.4 is 10.6 Å². The number of amides is 3. The van der Waals surface area contributed by atoms with Crippen molar-refractivity contribution in [2.24, 2.45) is 4.99 Å². The van der Waals surface area contributed by atoms with E-state index in [0.29, 0.717) is 22.6 Å². The van der Waals surface area contributed by atoms with Crippen molar-refractivity contribution < 1.29 is 18.9 Å². The summed E-state index contributed by atoms with van der Waals surface area (Å²) in [6.45, 7) is 1.64. The Bertz CT molecular complexity index is 870. The summed E-state index contributed by atoms with van der Waals surface area (Å²) >= 11 is 0. The van der Waals surface area contributed by atoms with E-state index in [4.69, 9.17) is 4.42 Å². The molecule has 0 radical (unpaired) electrons. The molecule has 0 bridgehead atoms. The van der Waals surface area contributed by atoms with Crippen molar-refractivity contribution in [1.82, 2.24) is 10.6 Å². The highest BCUT2D eigenvalue weighted by Crippen LogP contribution is 2.30. The van der Waals surface area contributed by atoms with Crippen LogP contribution in [0.4, 0.5) is 10.5 Å². The summed E-state index contributed by atoms with van der Waals surface area (Å²) in [5.74, 6) is 0.250. The van der Waals surface area contributed by atoms with Crippen LogP contribution in [0.25, 0.3) is 11.3 Å². The van der Waals surface area contributed by atoms with Crippen molar-refractivity contribution in [2.75, 3.05) is 0 Å². The summed E-state index contributed by atoms with van der Waals surface area (Å²) in [5.41, 5.74) is 1.09. The standard InChI is InChI=1S/C15H12N4O5/c1-8-10(3-2-4-11(8)19(22)23)12-6-5-9(24-12)7-16-13-14(20)18-15(21)17-13/h2-7,13H,1H3,(H2,17,18,20,21)/t13-/m0/s1. The molecule has 9 heteroatoms. The Morgan fingerprint density at radius 2 is 2.08 bits per heavy atom. The first-order valence-corrected chi connectivity index (χ1v) is 6.94. The average molecular weight is 328 g/mol. The van der Waals surface area contributed by atoms with Crippen LogP contribution in [0.5, 0.6) is 0 Å². The van der Waals surface area contributed by atoms with Gasteiger partial charge in [0, 0.05) is 17.2 Å². The van der Waals surface area contributed by atoms with Gasteiger partial charge in [0.2, 0.25) is 6.17 Å². The number of nitrogens with one attached hydrogen (secondary N) is 2. The zero-order valence-corrected chi connectivity index (χ0v) is 12.5. The monoisotopic (exact) mass is 328 g/mol. The number of hydrogen-bond donors (Lipinski definition) is 2. The second kappa shape index (κ2) is 5.95. The summed E-state index contributed by atoms with van der Waals surface area (Å²) in [4.78, 5) is 36.8. The summed E-state index contributed by atoms with van der Waals surface area (Å²) in [5, 5.41) is 15.4. The van der Waals surface area contributed by atoms with E-state index in [9.17, 15) is 19.7 Å². The molecule has 0 unspecified atom stereocenters. The maximum atomic E-state index is 11.4. The van der Waals surface area contributed by atoms with Crippen molar-refractivity contribution >= 4 is 23.8 Å². The van der Waals surface area contributed by atoms with Gasteiger partial charge in [0.25, 0.3) is 11.6 Å². The molecule has 122 valence electrons. The first-order chi connectivity index (χ1) is 11.5. The molecule has 9 nitrogen and oxygen atoms in total. The van der Waals surface area contributed by atoms with Gasteiger partial charge in [0.15, 0.2) is 0 Å². The Kier molecular flexibility index (Phi) is 3.82. The van der Waals surface area contributed by atoms with Crippen LogP contribution in [0.2, 0.25) is 0 Å². The van der Waals surface area contributed by atoms with Gasteiger partial charge in [-0.15, -0.1) is 0 Å². The summed E-state index contributed by atoms with van der Waals surface area (Å²) in [7, 11) is 0. The van der Waals surface area contributed by atoms with Crippen LogP contribution in [0.1, 0.15) is 11.3 Å². The smallest absolute Gasteiger partial charge is 0.323 e. The lowest BCUT2D eigenvalue weighted by atomic mass is 10.1. The minimum absolute atomic E-state index is 0.00413. The molecule has 1 saturated heterocycles. The van der Waals surface area contributed by atoms with E-state index in [-0.39, 0.29) is 5.69 Å². The number of nitrogens with zero attached hydrogens (tertiary/aromatic N) is 2. The van der Waals surface area contributed by atoms with Crippen molar-refractivity contribution in [3.8, 4) is 11.3 Å². The van der Waals surface area contributed by atoms with Gasteiger partial charge in [0.1, 0.15) is 11.5 Å². The number of imide groups is 1. The van der Waals surface area contributed by atoms with E-state index in [1.54, 1.807) is 31.2 Å². The predicted molar refractivity (Wildman–Crippen MR) is 83.6 cm³/mol. The largest absolute Gasteiger partial charge is 0.455 e. The highest BCUT2D eigenvalue weighted by atomic mass is 16.6. The molecule has 2 heterocycles. The van der Waals surface area contributed by atoms with E-state index < -0.39 is 23.0 Å². The van der Waals surface area contributed by atoms with Gasteiger partial charge >= 0.3 is 6.03 Å². The number of carbonyl (C=O) groups excluding carboxylic acids is 2. The zero-order chi connectivity index (χ0) is 17.3. The third kappa shape index (κ3) is 2.86. The number of nitro benzene ring substituents is 1. The Balaban J connectivity index is 1.84. The van der Waals surface area contributed by atoms with Gasteiger partial charge in [-0.2, -0.15) is 0 Å². The molecule has 0 aliphatic carbocycles. The van der Waals surface area contributed by atoms with Gasteiger partial charge < -0.3 is 9.73 Å². The van der Waals surface area contributed by atoms with Crippen LogP contribution >= 0.6 is 0 Å². The molecule has 1 aromatic heterocycles. The molecule has 1 aliphatic rings. The molecule has 1 atom stereocenters. The van der Waals surface area contributed by atoms with Gasteiger partial charge in [-0.3, -0.25) is 25.2 Å². The maximum absolute atomic E-state index is 11.4. The van der Waals surface area contributed by atoms with Crippen molar-refractivity contribution in [2.45, 2.75) is 13.1 Å². The fourth-order valence-electron chi connectivity index (χ4n) is 2.31. The zero-order valence-electron chi connectivity index (χ0n) is 12.5. The second-order valence-electron chi connectivity index (χ2n) is 5.05. The molecule has 3 rings (SSSR count). The summed E-state index contributed by atoms with van der Waals surface area (Å²) < 4.78 is 5.59. The fraction of sp³-hybridized carbons (Fsp3) is 0.133. The third-order valence-electron chi connectivity index (χ3n) is 3.50. The highest BCUT2D eigenvalue weighted by Gasteiger charge is 2.28. The van der Waals surface area contributed by atoms with Gasteiger partial charge in [0.05, 0.1) is 11.1 Å². The molecule has 0 spiro atoms. The van der Waals surface area contributed by atoms with Gasteiger partial charge in [-0.05, 0) is 19.1 Å². The number of carbonyl (C=O) groups is 2. The SMILES string of the molecule is Cc1c(-c2ccc(C=N[C@H]3NC(=O)NC3=O)o2)cccc1[N+](=O)[O-]. The normalized spacial score (nSPS) is 17.1. The number of furan rings is 1. The van der Waals surface area contributed by atoms with Crippen LogP contribution in [0.15, 0.2) is 39.7 Å². The number of benzene rings is 1. The number of nitro groups is 1. The van der Waals surface area contributed by atoms with E-state index in [1.807, 2.05) is 0 Å². The second-order valence-corrected chi connectivity index (χ2v) is 5.05. The van der Waals surface area contributed by atoms with E-state index >= 15 is 0 Å². The van der Waals surface area contributed by atoms with Crippen molar-refractivity contribution in [3.63, 3.8) is 0 Å². The molecule has 1 fully saturated rings. The van der Waals surface area contributed by atoms with E-state index in [1.165, 1.54) is 12.3 Å². The van der Waals surface area contributed by atoms with Crippen LogP contribution in [-0.4, -0.2) is 29.2 Å². The lowest BCUT2D eigenvalue weighted by Crippen LogP contribution is -2.26. The molecule has 2 N–H and O–H groups in total. The Hall–Kier alpha value is -3.49. The molecular weight excluding hydrogens is 316 g/mol. The molecule has 2 aromatic rings. The lowest BCUT2D eigenvalue weighted by Gasteiger charge is -2.03. The first kappa shape index (κ1) is 15.4. The van der Waals surface area contributed by atoms with Crippen LogP contribution in [0, 0.1) is 17.0 Å². The Morgan fingerprint density at radius 1 is 1.29 bits per heavy atom. The molecule has 24 heavy (non-hydrogen) atoms. The minimum atomic E-state index is -0.995. The number of rotatable bonds is 4. The van der Waals surface area contributed by atoms with Gasteiger partial charge in [-0.1, -0.05) is 12.1 Å². The average Bonchev–Trinajstić information content (AvgIpc) is 3.11. The van der Waals surface area contributed by atoms with E-state index in [0.717, 1.165) is 0 Å². The molecular formula is C15H12N4O5. The number of aliphatic imine (C=N–C) groups is 1. The molecule has 1 aromatic carbocycles. The topological polar surface area (TPSA) is 127 Å². The van der Waals surface area contributed by atoms with Crippen LogP contribution in [0.3, 0.4) is 0 Å². The minimum Gasteiger partial charge on any atom is -0.455 e. The Labute approximate surface area is 135 Å². The third-order valence-corrected chi connectivity index (χ3v) is 3.50. The molecule has 1 aliphatic heterocycles. The number of urea groups is 1. The quantitative estimate of drug-likeness (QED) is 0.382. The highest BCUT2D eigenvalue weighted by molar-refractivity contribution is 6.04. The van der Waals surface area contributed by atoms with E-state index in [2.05, 4.69) is 15.6 Å². The van der Waals surface area contributed by atoms with Crippen molar-refractivity contribution in [3.05, 3.63) is 51.8 Å². The van der Waals surface area contributed by atoms with Gasteiger partial charge in [-0.25, -0.2) is 4.79 Å². The fourth-order valence-corrected chi connectivity index (χ4v) is 2.31. The molecule has 3 amide bonds.